The Morgan fingerprint density at radius 3 is 1.88 bits per heavy atom. The third-order valence-corrected chi connectivity index (χ3v) is 4.11. The van der Waals surface area contributed by atoms with Crippen molar-refractivity contribution in [3.8, 4) is 0 Å². The molecule has 0 saturated carbocycles. The molecule has 3 rings (SSSR count). The minimum Gasteiger partial charge on any atom is -0.399 e. The van der Waals surface area contributed by atoms with E-state index in [0.717, 1.165) is 52.6 Å². The van der Waals surface area contributed by atoms with Crippen molar-refractivity contribution in [1.29, 1.82) is 0 Å². The smallest absolute Gasteiger partial charge is 0.0663 e. The molecular formula is C20H22N4. The summed E-state index contributed by atoms with van der Waals surface area (Å²) in [7, 11) is 0. The molecule has 0 unspecified atom stereocenters. The van der Waals surface area contributed by atoms with E-state index in [2.05, 4.69) is 6.07 Å². The number of hydrogen-bond donors (Lipinski definition) is 2. The van der Waals surface area contributed by atoms with Crippen LogP contribution in [0.15, 0.2) is 48.5 Å². The first-order chi connectivity index (χ1) is 11.5. The zero-order valence-corrected chi connectivity index (χ0v) is 14.1. The van der Waals surface area contributed by atoms with Crippen LogP contribution in [-0.4, -0.2) is 9.97 Å². The Kier molecular flexibility index (Phi) is 4.47. The Balaban J connectivity index is 1.84. The molecule has 0 atom stereocenters. The van der Waals surface area contributed by atoms with Gasteiger partial charge in [-0.25, -0.2) is 0 Å². The third-order valence-electron chi connectivity index (χ3n) is 4.11. The molecule has 0 radical (unpaired) electrons. The quantitative estimate of drug-likeness (QED) is 0.722. The van der Waals surface area contributed by atoms with Crippen LogP contribution in [-0.2, 0) is 12.8 Å². The summed E-state index contributed by atoms with van der Waals surface area (Å²) in [5, 5.41) is 0. The third kappa shape index (κ3) is 3.71. The summed E-state index contributed by atoms with van der Waals surface area (Å²) < 4.78 is 0. The molecule has 0 bridgehead atoms. The molecular weight excluding hydrogens is 296 g/mol. The van der Waals surface area contributed by atoms with Crippen LogP contribution in [0.5, 0.6) is 0 Å². The van der Waals surface area contributed by atoms with Gasteiger partial charge in [0, 0.05) is 24.2 Å². The van der Waals surface area contributed by atoms with E-state index in [9.17, 15) is 0 Å². The molecule has 0 spiro atoms. The number of hydrogen-bond acceptors (Lipinski definition) is 4. The average molecular weight is 318 g/mol. The van der Waals surface area contributed by atoms with Crippen LogP contribution in [0.2, 0.25) is 0 Å². The topological polar surface area (TPSA) is 77.8 Å². The number of nitrogen functional groups attached to an aromatic ring is 2. The van der Waals surface area contributed by atoms with Crippen LogP contribution in [0.3, 0.4) is 0 Å². The number of nitrogens with two attached hydrogens (primary N) is 2. The van der Waals surface area contributed by atoms with Crippen molar-refractivity contribution in [2.75, 3.05) is 11.5 Å². The molecule has 3 aromatic rings. The highest BCUT2D eigenvalue weighted by atomic mass is 14.8. The van der Waals surface area contributed by atoms with Crippen LogP contribution in [0.25, 0.3) is 0 Å². The molecule has 122 valence electrons. The van der Waals surface area contributed by atoms with E-state index in [-0.39, 0.29) is 0 Å². The van der Waals surface area contributed by atoms with Crippen molar-refractivity contribution in [2.24, 2.45) is 0 Å². The maximum Gasteiger partial charge on any atom is 0.0663 e. The molecule has 0 fully saturated rings. The SMILES string of the molecule is Cc1nc(Cc2cccc(N)c2)c(C)nc1Cc1ccc(N)cc1. The number of nitrogens with zero attached hydrogens (tertiary/aromatic N) is 2. The predicted molar refractivity (Wildman–Crippen MR) is 98.8 cm³/mol. The molecule has 24 heavy (non-hydrogen) atoms. The molecule has 0 aliphatic rings. The monoisotopic (exact) mass is 318 g/mol. The number of rotatable bonds is 4. The molecule has 2 aromatic carbocycles. The van der Waals surface area contributed by atoms with Crippen LogP contribution >= 0.6 is 0 Å². The van der Waals surface area contributed by atoms with Gasteiger partial charge < -0.3 is 11.5 Å². The lowest BCUT2D eigenvalue weighted by atomic mass is 10.1. The molecule has 0 aliphatic carbocycles. The maximum absolute atomic E-state index is 5.86. The summed E-state index contributed by atoms with van der Waals surface area (Å²) in [6.07, 6.45) is 1.51. The molecule has 4 N–H and O–H groups in total. The van der Waals surface area contributed by atoms with E-state index in [1.807, 2.05) is 56.3 Å². The first-order valence-electron chi connectivity index (χ1n) is 8.03. The molecule has 0 aliphatic heterocycles. The van der Waals surface area contributed by atoms with Crippen molar-refractivity contribution in [2.45, 2.75) is 26.7 Å². The van der Waals surface area contributed by atoms with Gasteiger partial charge in [0.25, 0.3) is 0 Å². The van der Waals surface area contributed by atoms with E-state index >= 15 is 0 Å². The lowest BCUT2D eigenvalue weighted by molar-refractivity contribution is 0.893. The Hall–Kier alpha value is -2.88. The second-order valence-corrected chi connectivity index (χ2v) is 6.13. The number of benzene rings is 2. The molecule has 0 amide bonds. The van der Waals surface area contributed by atoms with Crippen molar-refractivity contribution in [1.82, 2.24) is 9.97 Å². The summed E-state index contributed by atoms with van der Waals surface area (Å²) in [4.78, 5) is 9.57. The molecule has 4 heteroatoms. The van der Waals surface area contributed by atoms with Crippen molar-refractivity contribution in [3.63, 3.8) is 0 Å². The normalized spacial score (nSPS) is 10.8. The fourth-order valence-electron chi connectivity index (χ4n) is 2.76. The molecule has 4 nitrogen and oxygen atoms in total. The zero-order valence-electron chi connectivity index (χ0n) is 14.1. The van der Waals surface area contributed by atoms with Gasteiger partial charge in [-0.2, -0.15) is 0 Å². The van der Waals surface area contributed by atoms with Crippen molar-refractivity contribution in [3.05, 3.63) is 82.4 Å². The molecule has 1 heterocycles. The van der Waals surface area contributed by atoms with Gasteiger partial charge in [0.05, 0.1) is 22.8 Å². The van der Waals surface area contributed by atoms with E-state index in [1.165, 1.54) is 5.56 Å². The second kappa shape index (κ2) is 6.71. The largest absolute Gasteiger partial charge is 0.399 e. The highest BCUT2D eigenvalue weighted by molar-refractivity contribution is 5.42. The predicted octanol–water partition coefficient (Wildman–Crippen LogP) is 3.44. The van der Waals surface area contributed by atoms with Crippen molar-refractivity contribution >= 4 is 11.4 Å². The van der Waals surface area contributed by atoms with Gasteiger partial charge >= 0.3 is 0 Å². The second-order valence-electron chi connectivity index (χ2n) is 6.13. The number of aromatic nitrogens is 2. The van der Waals surface area contributed by atoms with E-state index in [1.54, 1.807) is 0 Å². The van der Waals surface area contributed by atoms with E-state index < -0.39 is 0 Å². The van der Waals surface area contributed by atoms with Crippen LogP contribution in [0, 0.1) is 13.8 Å². The summed E-state index contributed by atoms with van der Waals surface area (Å²) in [6.45, 7) is 4.03. The summed E-state index contributed by atoms with van der Waals surface area (Å²) in [6, 6.07) is 15.8. The Morgan fingerprint density at radius 1 is 0.708 bits per heavy atom. The minimum atomic E-state index is 0.743. The summed E-state index contributed by atoms with van der Waals surface area (Å²) in [5.41, 5.74) is 19.4. The zero-order chi connectivity index (χ0) is 17.1. The van der Waals surface area contributed by atoms with Gasteiger partial charge in [-0.3, -0.25) is 9.97 Å². The highest BCUT2D eigenvalue weighted by Gasteiger charge is 2.10. The maximum atomic E-state index is 5.86. The minimum absolute atomic E-state index is 0.743. The first kappa shape index (κ1) is 16.0. The van der Waals surface area contributed by atoms with Gasteiger partial charge in [-0.15, -0.1) is 0 Å². The van der Waals surface area contributed by atoms with Gasteiger partial charge in [0.1, 0.15) is 0 Å². The number of anilines is 2. The fourth-order valence-corrected chi connectivity index (χ4v) is 2.76. The van der Waals surface area contributed by atoms with Gasteiger partial charge in [0.15, 0.2) is 0 Å². The fraction of sp³-hybridized carbons (Fsp3) is 0.200. The summed E-state index contributed by atoms with van der Waals surface area (Å²) >= 11 is 0. The van der Waals surface area contributed by atoms with Gasteiger partial charge in [-0.05, 0) is 49.2 Å². The van der Waals surface area contributed by atoms with E-state index in [4.69, 9.17) is 21.4 Å². The van der Waals surface area contributed by atoms with Gasteiger partial charge in [0.2, 0.25) is 0 Å². The average Bonchev–Trinajstić information content (AvgIpc) is 2.54. The molecule has 1 aromatic heterocycles. The van der Waals surface area contributed by atoms with Crippen molar-refractivity contribution < 1.29 is 0 Å². The van der Waals surface area contributed by atoms with E-state index in [0.29, 0.717) is 0 Å². The standard InChI is InChI=1S/C20H22N4/c1-13-19(11-15-6-8-17(21)9-7-15)23-14(2)20(24-13)12-16-4-3-5-18(22)10-16/h3-10H,11-12,21-22H2,1-2H3. The van der Waals surface area contributed by atoms with Crippen LogP contribution in [0.4, 0.5) is 11.4 Å². The Bertz CT molecular complexity index is 854. The van der Waals surface area contributed by atoms with Crippen LogP contribution in [0.1, 0.15) is 33.9 Å². The highest BCUT2D eigenvalue weighted by Crippen LogP contribution is 2.17. The lowest BCUT2D eigenvalue weighted by Crippen LogP contribution is -2.07. The first-order valence-corrected chi connectivity index (χ1v) is 8.03. The lowest BCUT2D eigenvalue weighted by Gasteiger charge is -2.11. The van der Waals surface area contributed by atoms with Gasteiger partial charge in [-0.1, -0.05) is 24.3 Å². The molecule has 0 saturated heterocycles. The van der Waals surface area contributed by atoms with Crippen LogP contribution < -0.4 is 11.5 Å². The Morgan fingerprint density at radius 2 is 1.29 bits per heavy atom. The number of aryl methyl sites for hydroxylation is 2. The Labute approximate surface area is 142 Å². The summed E-state index contributed by atoms with van der Waals surface area (Å²) in [5.74, 6) is 0.